The Morgan fingerprint density at radius 3 is 2.76 bits per heavy atom. The van der Waals surface area contributed by atoms with Crippen molar-refractivity contribution in [3.63, 3.8) is 0 Å². The van der Waals surface area contributed by atoms with Crippen LogP contribution in [0.25, 0.3) is 10.3 Å². The lowest BCUT2D eigenvalue weighted by molar-refractivity contribution is -0.145. The molecule has 0 N–H and O–H groups in total. The molecule has 1 saturated carbocycles. The third-order valence-electron chi connectivity index (χ3n) is 4.56. The molecule has 2 aliphatic rings. The molecule has 7 heteroatoms. The number of hydrogen-bond acceptors (Lipinski definition) is 6. The van der Waals surface area contributed by atoms with E-state index < -0.39 is 0 Å². The molecule has 2 aromatic rings. The summed E-state index contributed by atoms with van der Waals surface area (Å²) in [6.07, 6.45) is 0. The number of ether oxygens (including phenoxy) is 1. The first kappa shape index (κ1) is 13.1. The van der Waals surface area contributed by atoms with Gasteiger partial charge >= 0.3 is 5.97 Å². The summed E-state index contributed by atoms with van der Waals surface area (Å²) >= 11 is 1.70. The van der Waals surface area contributed by atoms with Crippen molar-refractivity contribution < 1.29 is 9.53 Å². The van der Waals surface area contributed by atoms with Gasteiger partial charge in [0, 0.05) is 20.1 Å². The van der Waals surface area contributed by atoms with Gasteiger partial charge in [-0.25, -0.2) is 9.67 Å². The van der Waals surface area contributed by atoms with Crippen LogP contribution in [0.5, 0.6) is 0 Å². The average Bonchev–Trinajstić information content (AvgIpc) is 2.84. The van der Waals surface area contributed by atoms with Gasteiger partial charge in [-0.15, -0.1) is 0 Å². The van der Waals surface area contributed by atoms with Crippen molar-refractivity contribution in [2.45, 2.75) is 13.8 Å². The van der Waals surface area contributed by atoms with Gasteiger partial charge in [-0.05, 0) is 25.7 Å². The third-order valence-corrected chi connectivity index (χ3v) is 5.77. The standard InChI is InChI=1S/C14H18N4O2S/c1-4-20-13(19)10-8-5-18(6-9(8)10)14-15-12-11(21-14)7(2)16-17(12)3/h8-10H,4-6H2,1-3H3/t8-,9+,10?. The van der Waals surface area contributed by atoms with E-state index in [1.165, 1.54) is 0 Å². The number of carbonyl (C=O) groups is 1. The average molecular weight is 306 g/mol. The lowest BCUT2D eigenvalue weighted by Crippen LogP contribution is -2.26. The van der Waals surface area contributed by atoms with Crippen LogP contribution in [0.3, 0.4) is 0 Å². The van der Waals surface area contributed by atoms with Crippen LogP contribution in [-0.4, -0.2) is 40.4 Å². The minimum Gasteiger partial charge on any atom is -0.466 e. The number of fused-ring (bicyclic) bond motifs is 2. The Morgan fingerprint density at radius 2 is 2.14 bits per heavy atom. The molecule has 0 spiro atoms. The maximum atomic E-state index is 11.8. The number of aryl methyl sites for hydroxylation is 2. The molecule has 3 atom stereocenters. The monoisotopic (exact) mass is 306 g/mol. The first-order valence-electron chi connectivity index (χ1n) is 7.32. The summed E-state index contributed by atoms with van der Waals surface area (Å²) in [5.74, 6) is 1.01. The summed E-state index contributed by atoms with van der Waals surface area (Å²) in [7, 11) is 1.93. The number of carbonyl (C=O) groups excluding carboxylic acids is 1. The molecule has 1 aliphatic heterocycles. The summed E-state index contributed by atoms with van der Waals surface area (Å²) in [6.45, 7) is 6.19. The molecule has 4 rings (SSSR count). The van der Waals surface area contributed by atoms with E-state index in [0.717, 1.165) is 34.3 Å². The van der Waals surface area contributed by atoms with Gasteiger partial charge in [0.25, 0.3) is 0 Å². The van der Waals surface area contributed by atoms with Gasteiger partial charge in [0.05, 0.1) is 22.9 Å². The van der Waals surface area contributed by atoms with Crippen LogP contribution in [0, 0.1) is 24.7 Å². The molecule has 0 bridgehead atoms. The molecule has 2 aromatic heterocycles. The Balaban J connectivity index is 1.50. The molecule has 0 radical (unpaired) electrons. The van der Waals surface area contributed by atoms with Gasteiger partial charge in [0.1, 0.15) is 0 Å². The summed E-state index contributed by atoms with van der Waals surface area (Å²) in [6, 6.07) is 0. The fourth-order valence-electron chi connectivity index (χ4n) is 3.48. The topological polar surface area (TPSA) is 60.2 Å². The number of rotatable bonds is 3. The Labute approximate surface area is 126 Å². The number of aromatic nitrogens is 3. The number of piperidine rings is 1. The summed E-state index contributed by atoms with van der Waals surface area (Å²) in [5.41, 5.74) is 1.99. The quantitative estimate of drug-likeness (QED) is 0.806. The van der Waals surface area contributed by atoms with Crippen LogP contribution in [0.1, 0.15) is 12.6 Å². The Morgan fingerprint density at radius 1 is 1.43 bits per heavy atom. The van der Waals surface area contributed by atoms with E-state index in [-0.39, 0.29) is 11.9 Å². The molecular formula is C14H18N4O2S. The number of hydrogen-bond donors (Lipinski definition) is 0. The highest BCUT2D eigenvalue weighted by molar-refractivity contribution is 7.22. The predicted molar refractivity (Wildman–Crippen MR) is 80.4 cm³/mol. The molecule has 21 heavy (non-hydrogen) atoms. The maximum Gasteiger partial charge on any atom is 0.309 e. The smallest absolute Gasteiger partial charge is 0.309 e. The fraction of sp³-hybridized carbons (Fsp3) is 0.643. The van der Waals surface area contributed by atoms with Crippen LogP contribution < -0.4 is 4.90 Å². The van der Waals surface area contributed by atoms with Crippen molar-refractivity contribution in [1.29, 1.82) is 0 Å². The zero-order chi connectivity index (χ0) is 14.7. The van der Waals surface area contributed by atoms with Crippen LogP contribution in [0.4, 0.5) is 5.13 Å². The molecule has 1 saturated heterocycles. The van der Waals surface area contributed by atoms with E-state index >= 15 is 0 Å². The molecule has 0 aromatic carbocycles. The zero-order valence-electron chi connectivity index (χ0n) is 12.4. The van der Waals surface area contributed by atoms with Gasteiger partial charge < -0.3 is 9.64 Å². The molecule has 6 nitrogen and oxygen atoms in total. The van der Waals surface area contributed by atoms with Crippen molar-refractivity contribution in [3.05, 3.63) is 5.69 Å². The Kier molecular flexibility index (Phi) is 2.76. The van der Waals surface area contributed by atoms with Crippen molar-refractivity contribution in [3.8, 4) is 0 Å². The van der Waals surface area contributed by atoms with Crippen LogP contribution >= 0.6 is 11.3 Å². The summed E-state index contributed by atoms with van der Waals surface area (Å²) in [5, 5.41) is 5.43. The lowest BCUT2D eigenvalue weighted by Gasteiger charge is -2.18. The first-order valence-corrected chi connectivity index (χ1v) is 8.13. The molecule has 2 fully saturated rings. The SMILES string of the molecule is CCOC(=O)C1[C@H]2CN(c3nc4c(s3)c(C)nn4C)C[C@@H]12. The molecular weight excluding hydrogens is 288 g/mol. The number of nitrogens with zero attached hydrogens (tertiary/aromatic N) is 4. The van der Waals surface area contributed by atoms with Crippen LogP contribution in [-0.2, 0) is 16.6 Å². The van der Waals surface area contributed by atoms with Gasteiger partial charge in [-0.3, -0.25) is 4.79 Å². The minimum atomic E-state index is -0.0171. The first-order chi connectivity index (χ1) is 10.1. The van der Waals surface area contributed by atoms with E-state index in [0.29, 0.717) is 18.4 Å². The number of anilines is 1. The molecule has 112 valence electrons. The van der Waals surface area contributed by atoms with Gasteiger partial charge in [-0.2, -0.15) is 5.10 Å². The highest BCUT2D eigenvalue weighted by Gasteiger charge is 2.60. The second-order valence-corrected chi connectivity index (χ2v) is 6.85. The fourth-order valence-corrected chi connectivity index (χ4v) is 4.53. The van der Waals surface area contributed by atoms with E-state index in [1.54, 1.807) is 11.3 Å². The van der Waals surface area contributed by atoms with E-state index in [9.17, 15) is 4.79 Å². The summed E-state index contributed by atoms with van der Waals surface area (Å²) < 4.78 is 8.13. The second-order valence-electron chi connectivity index (χ2n) is 5.87. The number of esters is 1. The summed E-state index contributed by atoms with van der Waals surface area (Å²) in [4.78, 5) is 18.8. The third kappa shape index (κ3) is 1.87. The number of thiazole rings is 1. The second kappa shape index (κ2) is 4.43. The highest BCUT2D eigenvalue weighted by Crippen LogP contribution is 2.53. The van der Waals surface area contributed by atoms with Crippen LogP contribution in [0.15, 0.2) is 0 Å². The molecule has 3 heterocycles. The Hall–Kier alpha value is -1.63. The van der Waals surface area contributed by atoms with Crippen LogP contribution in [0.2, 0.25) is 0 Å². The molecule has 0 amide bonds. The van der Waals surface area contributed by atoms with Crippen molar-refractivity contribution in [2.24, 2.45) is 24.8 Å². The Bertz CT molecular complexity index is 675. The largest absolute Gasteiger partial charge is 0.466 e. The van der Waals surface area contributed by atoms with Gasteiger partial charge in [0.15, 0.2) is 10.8 Å². The maximum absolute atomic E-state index is 11.8. The van der Waals surface area contributed by atoms with E-state index in [4.69, 9.17) is 9.72 Å². The molecule has 1 unspecified atom stereocenters. The van der Waals surface area contributed by atoms with E-state index in [2.05, 4.69) is 10.00 Å². The van der Waals surface area contributed by atoms with Crippen molar-refractivity contribution in [1.82, 2.24) is 14.8 Å². The molecule has 1 aliphatic carbocycles. The minimum absolute atomic E-state index is 0.0171. The highest BCUT2D eigenvalue weighted by atomic mass is 32.1. The van der Waals surface area contributed by atoms with E-state index in [1.807, 2.05) is 25.6 Å². The predicted octanol–water partition coefficient (Wildman–Crippen LogP) is 1.58. The lowest BCUT2D eigenvalue weighted by atomic mass is 10.3. The van der Waals surface area contributed by atoms with Crippen molar-refractivity contribution in [2.75, 3.05) is 24.6 Å². The van der Waals surface area contributed by atoms with Gasteiger partial charge in [0.2, 0.25) is 0 Å². The normalized spacial score (nSPS) is 27.2. The zero-order valence-corrected chi connectivity index (χ0v) is 13.2. The van der Waals surface area contributed by atoms with Gasteiger partial charge in [-0.1, -0.05) is 11.3 Å². The van der Waals surface area contributed by atoms with Crippen molar-refractivity contribution >= 4 is 32.8 Å².